The van der Waals surface area contributed by atoms with E-state index in [4.69, 9.17) is 0 Å². The van der Waals surface area contributed by atoms with Crippen LogP contribution < -0.4 is 0 Å². The highest BCUT2D eigenvalue weighted by Gasteiger charge is 2.26. The standard InChI is InChI=1S/C6H11O3S/c7-3-1-6-2-4-10(8,9)5-6/h6H,1-5H2. The van der Waals surface area contributed by atoms with Crippen LogP contribution in [0.15, 0.2) is 0 Å². The first kappa shape index (κ1) is 8.01. The molecule has 1 aliphatic heterocycles. The molecule has 0 aromatic carbocycles. The molecule has 4 heteroatoms. The molecule has 0 aromatic heterocycles. The Balaban J connectivity index is 2.44. The summed E-state index contributed by atoms with van der Waals surface area (Å²) in [4.78, 5) is 0. The zero-order valence-corrected chi connectivity index (χ0v) is 6.56. The lowest BCUT2D eigenvalue weighted by Crippen LogP contribution is -2.05. The summed E-state index contributed by atoms with van der Waals surface area (Å²) in [6.45, 7) is -0.139. The molecule has 1 aliphatic rings. The molecule has 1 fully saturated rings. The van der Waals surface area contributed by atoms with E-state index in [0.29, 0.717) is 12.8 Å². The molecule has 0 spiro atoms. The van der Waals surface area contributed by atoms with Gasteiger partial charge in [0.15, 0.2) is 9.84 Å². The third-order valence-corrected chi connectivity index (χ3v) is 3.69. The van der Waals surface area contributed by atoms with Crippen LogP contribution >= 0.6 is 0 Å². The number of rotatable bonds is 2. The van der Waals surface area contributed by atoms with Crippen molar-refractivity contribution in [2.45, 2.75) is 12.8 Å². The molecule has 1 radical (unpaired) electrons. The van der Waals surface area contributed by atoms with Crippen molar-refractivity contribution in [1.82, 2.24) is 0 Å². The van der Waals surface area contributed by atoms with Crippen LogP contribution in [-0.2, 0) is 14.9 Å². The molecule has 1 rings (SSSR count). The lowest BCUT2D eigenvalue weighted by Gasteiger charge is -2.00. The summed E-state index contributed by atoms with van der Waals surface area (Å²) in [7, 11) is -2.76. The van der Waals surface area contributed by atoms with Gasteiger partial charge in [0.2, 0.25) is 0 Å². The van der Waals surface area contributed by atoms with Crippen LogP contribution in [0.1, 0.15) is 12.8 Å². The first-order chi connectivity index (χ1) is 4.64. The highest BCUT2D eigenvalue weighted by molar-refractivity contribution is 7.91. The van der Waals surface area contributed by atoms with Crippen LogP contribution in [0.3, 0.4) is 0 Å². The van der Waals surface area contributed by atoms with Crippen molar-refractivity contribution in [3.8, 4) is 0 Å². The Bertz CT molecular complexity index is 195. The quantitative estimate of drug-likeness (QED) is 0.585. The minimum Gasteiger partial charge on any atom is -0.237 e. The summed E-state index contributed by atoms with van der Waals surface area (Å²) in [6.07, 6.45) is 1.23. The van der Waals surface area contributed by atoms with Crippen molar-refractivity contribution < 1.29 is 13.5 Å². The minimum absolute atomic E-state index is 0.139. The van der Waals surface area contributed by atoms with E-state index in [-0.39, 0.29) is 24.0 Å². The van der Waals surface area contributed by atoms with Crippen molar-refractivity contribution in [2.24, 2.45) is 5.92 Å². The minimum atomic E-state index is -2.76. The van der Waals surface area contributed by atoms with E-state index >= 15 is 0 Å². The normalized spacial score (nSPS) is 30.7. The molecule has 0 saturated carbocycles. The zero-order chi connectivity index (χ0) is 7.61. The molecule has 10 heavy (non-hydrogen) atoms. The second kappa shape index (κ2) is 2.88. The van der Waals surface area contributed by atoms with E-state index in [1.807, 2.05) is 0 Å². The first-order valence-corrected chi connectivity index (χ1v) is 5.25. The Morgan fingerprint density at radius 2 is 2.10 bits per heavy atom. The van der Waals surface area contributed by atoms with Crippen LogP contribution in [0.4, 0.5) is 0 Å². The average molecular weight is 163 g/mol. The third kappa shape index (κ3) is 1.95. The molecule has 1 atom stereocenters. The molecule has 1 unspecified atom stereocenters. The number of sulfone groups is 1. The topological polar surface area (TPSA) is 54.0 Å². The first-order valence-electron chi connectivity index (χ1n) is 3.42. The van der Waals surface area contributed by atoms with E-state index in [0.717, 1.165) is 0 Å². The van der Waals surface area contributed by atoms with Gasteiger partial charge in [-0.2, -0.15) is 0 Å². The van der Waals surface area contributed by atoms with Crippen LogP contribution in [-0.4, -0.2) is 26.5 Å². The van der Waals surface area contributed by atoms with Crippen molar-refractivity contribution in [3.05, 3.63) is 0 Å². The second-order valence-electron chi connectivity index (χ2n) is 2.76. The van der Waals surface area contributed by atoms with Crippen LogP contribution in [0, 0.1) is 5.92 Å². The molecule has 1 heterocycles. The molecule has 0 aliphatic carbocycles. The summed E-state index contributed by atoms with van der Waals surface area (Å²) in [5, 5.41) is 10.1. The molecule has 1 saturated heterocycles. The Labute approximate surface area is 61.0 Å². The molecule has 0 bridgehead atoms. The van der Waals surface area contributed by atoms with Crippen molar-refractivity contribution in [2.75, 3.05) is 18.1 Å². The van der Waals surface area contributed by atoms with Crippen molar-refractivity contribution >= 4 is 9.84 Å². The Hall–Kier alpha value is -0.0900. The highest BCUT2D eigenvalue weighted by Crippen LogP contribution is 2.20. The van der Waals surface area contributed by atoms with Gasteiger partial charge >= 0.3 is 0 Å². The fourth-order valence-electron chi connectivity index (χ4n) is 1.27. The van der Waals surface area contributed by atoms with E-state index < -0.39 is 9.84 Å². The van der Waals surface area contributed by atoms with Gasteiger partial charge < -0.3 is 0 Å². The largest absolute Gasteiger partial charge is 0.237 e. The van der Waals surface area contributed by atoms with Gasteiger partial charge in [-0.3, -0.25) is 0 Å². The number of hydrogen-bond acceptors (Lipinski definition) is 2. The van der Waals surface area contributed by atoms with Crippen LogP contribution in [0.25, 0.3) is 0 Å². The SMILES string of the molecule is [O]CCC1CCS(=O)(=O)C1. The summed E-state index contributed by atoms with van der Waals surface area (Å²) < 4.78 is 21.6. The second-order valence-corrected chi connectivity index (χ2v) is 4.99. The van der Waals surface area contributed by atoms with Crippen molar-refractivity contribution in [1.29, 1.82) is 0 Å². The zero-order valence-electron chi connectivity index (χ0n) is 5.75. The molecule has 0 amide bonds. The lowest BCUT2D eigenvalue weighted by atomic mass is 10.1. The average Bonchev–Trinajstić information content (AvgIpc) is 2.12. The fraction of sp³-hybridized carbons (Fsp3) is 1.00. The van der Waals surface area contributed by atoms with Gasteiger partial charge in [-0.1, -0.05) is 0 Å². The van der Waals surface area contributed by atoms with Gasteiger partial charge in [0.1, 0.15) is 0 Å². The molecular weight excluding hydrogens is 152 g/mol. The Morgan fingerprint density at radius 3 is 2.50 bits per heavy atom. The molecule has 0 N–H and O–H groups in total. The smallest absolute Gasteiger partial charge is 0.150 e. The maximum Gasteiger partial charge on any atom is 0.150 e. The molecule has 3 nitrogen and oxygen atoms in total. The maximum atomic E-state index is 10.8. The van der Waals surface area contributed by atoms with Crippen molar-refractivity contribution in [3.63, 3.8) is 0 Å². The predicted octanol–water partition coefficient (Wildman–Crippen LogP) is 0.242. The van der Waals surface area contributed by atoms with Gasteiger partial charge in [-0.15, -0.1) is 0 Å². The monoisotopic (exact) mass is 163 g/mol. The predicted molar refractivity (Wildman–Crippen MR) is 36.9 cm³/mol. The van der Waals surface area contributed by atoms with E-state index in [1.165, 1.54) is 0 Å². The molecule has 59 valence electrons. The van der Waals surface area contributed by atoms with Gasteiger partial charge in [-0.05, 0) is 18.8 Å². The van der Waals surface area contributed by atoms with Gasteiger partial charge in [0.05, 0.1) is 18.1 Å². The van der Waals surface area contributed by atoms with Crippen LogP contribution in [0.2, 0.25) is 0 Å². The highest BCUT2D eigenvalue weighted by atomic mass is 32.2. The van der Waals surface area contributed by atoms with E-state index in [1.54, 1.807) is 0 Å². The van der Waals surface area contributed by atoms with Gasteiger partial charge in [0, 0.05) is 0 Å². The fourth-order valence-corrected chi connectivity index (χ4v) is 3.18. The maximum absolute atomic E-state index is 10.8. The van der Waals surface area contributed by atoms with Crippen LogP contribution in [0.5, 0.6) is 0 Å². The molecular formula is C6H11O3S. The van der Waals surface area contributed by atoms with Gasteiger partial charge in [0.25, 0.3) is 0 Å². The van der Waals surface area contributed by atoms with Gasteiger partial charge in [-0.25, -0.2) is 13.5 Å². The summed E-state index contributed by atoms with van der Waals surface area (Å²) in [5.41, 5.74) is 0. The Kier molecular flexibility index (Phi) is 2.31. The van der Waals surface area contributed by atoms with E-state index in [9.17, 15) is 13.5 Å². The summed E-state index contributed by atoms with van der Waals surface area (Å²) in [5.74, 6) is 0.690. The Morgan fingerprint density at radius 1 is 1.40 bits per heavy atom. The lowest BCUT2D eigenvalue weighted by molar-refractivity contribution is 0.174. The van der Waals surface area contributed by atoms with E-state index in [2.05, 4.69) is 0 Å². The molecule has 0 aromatic rings. The third-order valence-electron chi connectivity index (χ3n) is 1.85. The summed E-state index contributed by atoms with van der Waals surface area (Å²) >= 11 is 0. The summed E-state index contributed by atoms with van der Waals surface area (Å²) in [6, 6.07) is 0. The number of hydrogen-bond donors (Lipinski definition) is 0.